The van der Waals surface area contributed by atoms with Crippen molar-refractivity contribution in [2.75, 3.05) is 0 Å². The van der Waals surface area contributed by atoms with E-state index in [2.05, 4.69) is 47.3 Å². The Morgan fingerprint density at radius 2 is 1.91 bits per heavy atom. The molecule has 4 nitrogen and oxygen atoms in total. The van der Waals surface area contributed by atoms with Crippen molar-refractivity contribution < 1.29 is 19.4 Å². The fraction of sp³-hybridized carbons (Fsp3) is 0.800. The summed E-state index contributed by atoms with van der Waals surface area (Å²) in [5.41, 5.74) is 2.27. The number of allylic oxidation sites excluding steroid dienone is 2. The second-order valence-electron chi connectivity index (χ2n) is 13.7. The molecule has 1 saturated heterocycles. The first-order chi connectivity index (χ1) is 15.8. The van der Waals surface area contributed by atoms with Gasteiger partial charge in [-0.15, -0.1) is 0 Å². The zero-order chi connectivity index (χ0) is 24.8. The molecule has 1 N–H and O–H groups in total. The molecule has 1 heterocycles. The maximum Gasteiger partial charge on any atom is 0.309 e. The SMILES string of the molecule is C=C(C)C(O)CC[C@H]1C(=O)O[C@H]2C[C@]3(C)C4=CC[C@H]5C(C)(C)C(=O)CC[C@]5(C)[C@H]4CC[C@@]3(C)[C@@H]21. The van der Waals surface area contributed by atoms with E-state index >= 15 is 0 Å². The Morgan fingerprint density at radius 1 is 1.21 bits per heavy atom. The van der Waals surface area contributed by atoms with Crippen molar-refractivity contribution in [2.45, 2.75) is 105 Å². The topological polar surface area (TPSA) is 63.6 Å². The highest BCUT2D eigenvalue weighted by atomic mass is 16.6. The van der Waals surface area contributed by atoms with Crippen molar-refractivity contribution in [3.63, 3.8) is 0 Å². The number of fused-ring (bicyclic) bond motifs is 7. The minimum absolute atomic E-state index is 0.00814. The van der Waals surface area contributed by atoms with E-state index in [1.807, 2.05) is 6.92 Å². The number of carbonyl (C=O) groups excluding carboxylic acids is 2. The number of Topliss-reactive ketones (excluding diaryl/α,β-unsaturated/α-hetero) is 1. The van der Waals surface area contributed by atoms with Crippen molar-refractivity contribution in [2.24, 2.45) is 45.3 Å². The van der Waals surface area contributed by atoms with Crippen molar-refractivity contribution >= 4 is 11.8 Å². The van der Waals surface area contributed by atoms with E-state index in [0.29, 0.717) is 36.9 Å². The van der Waals surface area contributed by atoms with Crippen LogP contribution in [0.3, 0.4) is 0 Å². The van der Waals surface area contributed by atoms with Crippen LogP contribution in [0.2, 0.25) is 0 Å². The van der Waals surface area contributed by atoms with E-state index in [1.165, 1.54) is 0 Å². The Hall–Kier alpha value is -1.42. The maximum atomic E-state index is 12.9. The summed E-state index contributed by atoms with van der Waals surface area (Å²) in [6.07, 6.45) is 8.98. The zero-order valence-electron chi connectivity index (χ0n) is 22.1. The average molecular weight is 469 g/mol. The van der Waals surface area contributed by atoms with Crippen LogP contribution in [0.5, 0.6) is 0 Å². The zero-order valence-corrected chi connectivity index (χ0v) is 22.1. The minimum Gasteiger partial charge on any atom is -0.462 e. The lowest BCUT2D eigenvalue weighted by Crippen LogP contribution is -2.57. The van der Waals surface area contributed by atoms with Gasteiger partial charge in [-0.1, -0.05) is 58.4 Å². The summed E-state index contributed by atoms with van der Waals surface area (Å²) < 4.78 is 6.06. The van der Waals surface area contributed by atoms with Gasteiger partial charge in [0.05, 0.1) is 12.0 Å². The molecule has 188 valence electrons. The van der Waals surface area contributed by atoms with Gasteiger partial charge >= 0.3 is 5.97 Å². The maximum absolute atomic E-state index is 12.9. The fourth-order valence-electron chi connectivity index (χ4n) is 9.67. The largest absolute Gasteiger partial charge is 0.462 e. The van der Waals surface area contributed by atoms with Gasteiger partial charge in [0.2, 0.25) is 0 Å². The number of ether oxygens (including phenoxy) is 1. The van der Waals surface area contributed by atoms with Gasteiger partial charge in [0.15, 0.2) is 0 Å². The standard InChI is InChI=1S/C30H44O4/c1-17(2)21(31)10-8-18-25-22(34-26(18)33)16-30(7)20-9-11-23-27(3,4)24(32)13-14-28(23,5)19(20)12-15-29(25,30)6/h9,18-19,21-23,25,31H,1,8,10-16H2,2-7H3/t18-,19+,21?,22+,23+,25-,28-,29+,30-/m1/s1. The Morgan fingerprint density at radius 3 is 2.59 bits per heavy atom. The van der Waals surface area contributed by atoms with Crippen LogP contribution in [-0.4, -0.2) is 29.1 Å². The van der Waals surface area contributed by atoms with Gasteiger partial charge in [0.1, 0.15) is 11.9 Å². The molecule has 0 spiro atoms. The molecular weight excluding hydrogens is 424 g/mol. The molecule has 0 aromatic carbocycles. The molecule has 4 heteroatoms. The van der Waals surface area contributed by atoms with Gasteiger partial charge in [-0.25, -0.2) is 0 Å². The Kier molecular flexibility index (Phi) is 5.39. The van der Waals surface area contributed by atoms with Crippen molar-refractivity contribution in [3.05, 3.63) is 23.8 Å². The molecule has 5 rings (SSSR count). The molecule has 1 aliphatic heterocycles. The van der Waals surface area contributed by atoms with Gasteiger partial charge in [0.25, 0.3) is 0 Å². The number of carbonyl (C=O) groups is 2. The third kappa shape index (κ3) is 2.99. The summed E-state index contributed by atoms with van der Waals surface area (Å²) in [5, 5.41) is 10.3. The number of aliphatic hydroxyl groups is 1. The molecule has 0 aromatic rings. The molecule has 34 heavy (non-hydrogen) atoms. The highest BCUT2D eigenvalue weighted by molar-refractivity contribution is 5.85. The fourth-order valence-corrected chi connectivity index (χ4v) is 9.67. The number of ketones is 1. The summed E-state index contributed by atoms with van der Waals surface area (Å²) in [6.45, 7) is 17.4. The van der Waals surface area contributed by atoms with Crippen LogP contribution in [-0.2, 0) is 14.3 Å². The third-order valence-corrected chi connectivity index (χ3v) is 11.9. The van der Waals surface area contributed by atoms with Crippen molar-refractivity contribution in [1.29, 1.82) is 0 Å². The predicted octanol–water partition coefficient (Wildman–Crippen LogP) is 6.03. The second-order valence-corrected chi connectivity index (χ2v) is 13.7. The van der Waals surface area contributed by atoms with E-state index in [0.717, 1.165) is 37.7 Å². The number of esters is 1. The average Bonchev–Trinajstić information content (AvgIpc) is 3.18. The molecule has 9 atom stereocenters. The normalized spacial score (nSPS) is 47.6. The summed E-state index contributed by atoms with van der Waals surface area (Å²) in [5.74, 6) is 1.35. The van der Waals surface area contributed by atoms with Gasteiger partial charge in [-0.3, -0.25) is 9.59 Å². The lowest BCUT2D eigenvalue weighted by atomic mass is 9.41. The van der Waals surface area contributed by atoms with Crippen LogP contribution in [0.15, 0.2) is 23.8 Å². The molecule has 0 aromatic heterocycles. The van der Waals surface area contributed by atoms with E-state index in [4.69, 9.17) is 4.74 Å². The van der Waals surface area contributed by atoms with Gasteiger partial charge in [0, 0.05) is 17.8 Å². The van der Waals surface area contributed by atoms with Gasteiger partial charge in [-0.2, -0.15) is 0 Å². The number of aliphatic hydroxyl groups excluding tert-OH is 1. The van der Waals surface area contributed by atoms with Gasteiger partial charge < -0.3 is 9.84 Å². The first kappa shape index (κ1) is 24.3. The first-order valence-electron chi connectivity index (χ1n) is 13.5. The first-order valence-corrected chi connectivity index (χ1v) is 13.5. The van der Waals surface area contributed by atoms with Crippen molar-refractivity contribution in [3.8, 4) is 0 Å². The number of hydrogen-bond donors (Lipinski definition) is 1. The van der Waals surface area contributed by atoms with Crippen LogP contribution in [0.25, 0.3) is 0 Å². The highest BCUT2D eigenvalue weighted by Crippen LogP contribution is 2.74. The summed E-state index contributed by atoms with van der Waals surface area (Å²) >= 11 is 0. The third-order valence-electron chi connectivity index (χ3n) is 11.9. The van der Waals surface area contributed by atoms with Crippen LogP contribution in [0, 0.1) is 45.3 Å². The van der Waals surface area contributed by atoms with Crippen LogP contribution in [0.4, 0.5) is 0 Å². The quantitative estimate of drug-likeness (QED) is 0.404. The molecule has 4 aliphatic carbocycles. The lowest BCUT2D eigenvalue weighted by molar-refractivity contribution is -0.147. The molecule has 3 saturated carbocycles. The van der Waals surface area contributed by atoms with E-state index in [9.17, 15) is 14.7 Å². The van der Waals surface area contributed by atoms with Crippen LogP contribution in [0.1, 0.15) is 92.9 Å². The van der Waals surface area contributed by atoms with Crippen LogP contribution < -0.4 is 0 Å². The monoisotopic (exact) mass is 468 g/mol. The summed E-state index contributed by atoms with van der Waals surface area (Å²) in [6, 6.07) is 0. The molecule has 5 aliphatic rings. The Balaban J connectivity index is 1.48. The minimum atomic E-state index is -0.557. The van der Waals surface area contributed by atoms with E-state index in [-0.39, 0.29) is 45.6 Å². The molecule has 4 fully saturated rings. The number of rotatable bonds is 4. The highest BCUT2D eigenvalue weighted by Gasteiger charge is 2.71. The second kappa shape index (κ2) is 7.54. The van der Waals surface area contributed by atoms with E-state index < -0.39 is 6.10 Å². The molecular formula is C30H44O4. The Bertz CT molecular complexity index is 961. The molecule has 0 radical (unpaired) electrons. The predicted molar refractivity (Wildman–Crippen MR) is 133 cm³/mol. The lowest BCUT2D eigenvalue weighted by Gasteiger charge is -2.63. The molecule has 0 bridgehead atoms. The Labute approximate surface area is 205 Å². The molecule has 0 amide bonds. The molecule has 1 unspecified atom stereocenters. The number of hydrogen-bond acceptors (Lipinski definition) is 4. The smallest absolute Gasteiger partial charge is 0.309 e. The van der Waals surface area contributed by atoms with Gasteiger partial charge in [-0.05, 0) is 80.0 Å². The van der Waals surface area contributed by atoms with Crippen molar-refractivity contribution in [1.82, 2.24) is 0 Å². The summed E-state index contributed by atoms with van der Waals surface area (Å²) in [4.78, 5) is 25.8. The van der Waals surface area contributed by atoms with E-state index in [1.54, 1.807) is 5.57 Å². The van der Waals surface area contributed by atoms with Crippen LogP contribution >= 0.6 is 0 Å². The summed E-state index contributed by atoms with van der Waals surface area (Å²) in [7, 11) is 0.